The predicted octanol–water partition coefficient (Wildman–Crippen LogP) is 6.59. The Balaban J connectivity index is 1.85. The Morgan fingerprint density at radius 3 is 0.946 bits per heavy atom. The monoisotopic (exact) mass is 839 g/mol. The van der Waals surface area contributed by atoms with Crippen LogP contribution in [-0.2, 0) is 48.4 Å². The third-order valence-corrected chi connectivity index (χ3v) is 6.98. The fraction of sp³-hybridized carbons (Fsp3) is 0.222. The van der Waals surface area contributed by atoms with Crippen molar-refractivity contribution in [1.82, 2.24) is 0 Å². The highest BCUT2D eigenvalue weighted by atomic mass is 127. The normalized spacial score (nSPS) is 10.5. The zero-order chi connectivity index (χ0) is 26.6. The van der Waals surface area contributed by atoms with Gasteiger partial charge in [0.25, 0.3) is 0 Å². The fourth-order valence-corrected chi connectivity index (χ4v) is 3.94. The summed E-state index contributed by atoms with van der Waals surface area (Å²) in [5, 5.41) is 0. The Kier molecular flexibility index (Phi) is 12.4. The van der Waals surface area contributed by atoms with Gasteiger partial charge in [0.05, 0.1) is 13.3 Å². The molecular formula is C27H24I3NO6. The van der Waals surface area contributed by atoms with Crippen molar-refractivity contribution in [2.24, 2.45) is 0 Å². The van der Waals surface area contributed by atoms with E-state index in [1.807, 2.05) is 141 Å². The topological polar surface area (TPSA) is 82.1 Å². The first-order valence-corrected chi connectivity index (χ1v) is 15.7. The van der Waals surface area contributed by atoms with Crippen molar-refractivity contribution in [3.8, 4) is 0 Å². The Hall–Kier alpha value is -1.94. The van der Waals surface area contributed by atoms with Gasteiger partial charge in [0.15, 0.2) is 0 Å². The summed E-state index contributed by atoms with van der Waals surface area (Å²) in [5.74, 6) is -0.751. The van der Waals surface area contributed by atoms with E-state index in [0.29, 0.717) is 13.3 Å². The van der Waals surface area contributed by atoms with Crippen LogP contribution in [0.2, 0.25) is 0 Å². The molecule has 0 fully saturated rings. The highest BCUT2D eigenvalue weighted by molar-refractivity contribution is 14.1. The summed E-state index contributed by atoms with van der Waals surface area (Å²) in [6, 6.07) is 23.4. The van der Waals surface area contributed by atoms with Crippen LogP contribution in [0.25, 0.3) is 0 Å². The van der Waals surface area contributed by atoms with E-state index in [0.717, 1.165) is 33.8 Å². The van der Waals surface area contributed by atoms with E-state index in [9.17, 15) is 14.4 Å². The Morgan fingerprint density at radius 1 is 0.486 bits per heavy atom. The summed E-state index contributed by atoms with van der Waals surface area (Å²) in [4.78, 5) is 36.6. The second-order valence-electron chi connectivity index (χ2n) is 7.72. The largest absolute Gasteiger partial charge is 0.460 e. The summed E-state index contributed by atoms with van der Waals surface area (Å²) < 4.78 is 16.6. The van der Waals surface area contributed by atoms with Gasteiger partial charge in [0.2, 0.25) is 0 Å². The lowest BCUT2D eigenvalue weighted by Crippen LogP contribution is -2.11. The molecule has 3 aromatic rings. The number of alkyl halides is 3. The van der Waals surface area contributed by atoms with E-state index >= 15 is 0 Å². The fourth-order valence-electron chi connectivity index (χ4n) is 3.28. The molecule has 0 aliphatic heterocycles. The lowest BCUT2D eigenvalue weighted by molar-refractivity contribution is -0.142. The zero-order valence-corrected chi connectivity index (χ0v) is 26.2. The lowest BCUT2D eigenvalue weighted by Gasteiger charge is -2.26. The average Bonchev–Trinajstić information content (AvgIpc) is 2.95. The number of hydrogen-bond donors (Lipinski definition) is 0. The quantitative estimate of drug-likeness (QED) is 0.0882. The van der Waals surface area contributed by atoms with Crippen molar-refractivity contribution in [3.05, 3.63) is 89.5 Å². The molecule has 0 N–H and O–H groups in total. The van der Waals surface area contributed by atoms with Gasteiger partial charge < -0.3 is 19.1 Å². The van der Waals surface area contributed by atoms with Gasteiger partial charge >= 0.3 is 17.9 Å². The maximum Gasteiger partial charge on any atom is 0.316 e. The summed E-state index contributed by atoms with van der Waals surface area (Å²) in [6.07, 6.45) is 0. The molecular weight excluding hydrogens is 815 g/mol. The third-order valence-electron chi connectivity index (χ3n) is 5.11. The number of rotatable bonds is 12. The van der Waals surface area contributed by atoms with Gasteiger partial charge in [-0.2, -0.15) is 0 Å². The number of nitrogens with zero attached hydrogens (tertiary/aromatic N) is 1. The molecule has 7 nitrogen and oxygen atoms in total. The molecule has 10 heteroatoms. The average molecular weight is 839 g/mol. The van der Waals surface area contributed by atoms with E-state index < -0.39 is 0 Å². The molecule has 0 amide bonds. The SMILES string of the molecule is O=C(CI)OCc1ccc(N(c2ccc(COC(=O)CI)cc2)c2ccc(COC(=O)CI)cc2)cc1. The minimum absolute atomic E-state index is 0.220. The molecule has 194 valence electrons. The van der Waals surface area contributed by atoms with Crippen molar-refractivity contribution in [2.75, 3.05) is 18.2 Å². The highest BCUT2D eigenvalue weighted by Crippen LogP contribution is 2.35. The Bertz CT molecular complexity index is 1030. The zero-order valence-electron chi connectivity index (χ0n) is 19.7. The van der Waals surface area contributed by atoms with Gasteiger partial charge in [-0.25, -0.2) is 0 Å². The number of halogens is 3. The van der Waals surface area contributed by atoms with Crippen LogP contribution in [0.1, 0.15) is 16.7 Å². The molecule has 37 heavy (non-hydrogen) atoms. The molecule has 3 rings (SSSR count). The standard InChI is InChI=1S/C27H24I3NO6/c28-13-25(32)35-16-19-1-7-22(8-2-19)31(23-9-3-20(4-10-23)17-36-26(33)14-29)24-11-5-21(6-12-24)18-37-27(34)15-30/h1-12H,13-18H2. The summed E-state index contributed by atoms with van der Waals surface area (Å²) >= 11 is 5.93. The number of anilines is 3. The smallest absolute Gasteiger partial charge is 0.316 e. The van der Waals surface area contributed by atoms with Gasteiger partial charge in [-0.15, -0.1) is 0 Å². The molecule has 0 aliphatic rings. The minimum Gasteiger partial charge on any atom is -0.460 e. The molecule has 0 atom stereocenters. The van der Waals surface area contributed by atoms with Crippen LogP contribution in [-0.4, -0.2) is 31.2 Å². The lowest BCUT2D eigenvalue weighted by atomic mass is 10.1. The summed E-state index contributed by atoms with van der Waals surface area (Å²) in [6.45, 7) is 0.659. The van der Waals surface area contributed by atoms with Gasteiger partial charge in [0.1, 0.15) is 19.8 Å². The molecule has 0 spiro atoms. The van der Waals surface area contributed by atoms with Crippen molar-refractivity contribution < 1.29 is 28.6 Å². The van der Waals surface area contributed by atoms with E-state index in [-0.39, 0.29) is 37.7 Å². The van der Waals surface area contributed by atoms with Gasteiger partial charge in [-0.3, -0.25) is 14.4 Å². The van der Waals surface area contributed by atoms with Crippen LogP contribution >= 0.6 is 67.8 Å². The van der Waals surface area contributed by atoms with Crippen molar-refractivity contribution in [3.63, 3.8) is 0 Å². The Morgan fingerprint density at radius 2 is 0.730 bits per heavy atom. The molecule has 0 saturated heterocycles. The number of benzene rings is 3. The predicted molar refractivity (Wildman–Crippen MR) is 167 cm³/mol. The van der Waals surface area contributed by atoms with Gasteiger partial charge in [-0.1, -0.05) is 104 Å². The minimum atomic E-state index is -0.250. The highest BCUT2D eigenvalue weighted by Gasteiger charge is 2.14. The summed E-state index contributed by atoms with van der Waals surface area (Å²) in [7, 11) is 0. The number of ether oxygens (including phenoxy) is 3. The van der Waals surface area contributed by atoms with Crippen LogP contribution in [0.4, 0.5) is 17.1 Å². The van der Waals surface area contributed by atoms with Crippen molar-refractivity contribution >= 4 is 103 Å². The Labute approximate surface area is 256 Å². The maximum absolute atomic E-state index is 11.5. The second kappa shape index (κ2) is 15.5. The van der Waals surface area contributed by atoms with Gasteiger partial charge in [0, 0.05) is 17.1 Å². The first-order chi connectivity index (χ1) is 17.9. The number of carbonyl (C=O) groups is 3. The molecule has 0 aliphatic carbocycles. The van der Waals surface area contributed by atoms with E-state index in [1.54, 1.807) is 0 Å². The van der Waals surface area contributed by atoms with Crippen LogP contribution in [0, 0.1) is 0 Å². The first kappa shape index (κ1) is 29.6. The molecule has 3 aromatic carbocycles. The van der Waals surface area contributed by atoms with Crippen LogP contribution in [0.15, 0.2) is 72.8 Å². The molecule has 0 unspecified atom stereocenters. The molecule has 0 aromatic heterocycles. The molecule has 0 radical (unpaired) electrons. The van der Waals surface area contributed by atoms with E-state index in [4.69, 9.17) is 14.2 Å². The number of hydrogen-bond acceptors (Lipinski definition) is 7. The van der Waals surface area contributed by atoms with E-state index in [1.165, 1.54) is 0 Å². The van der Waals surface area contributed by atoms with Crippen LogP contribution < -0.4 is 4.90 Å². The van der Waals surface area contributed by atoms with Crippen molar-refractivity contribution in [1.29, 1.82) is 0 Å². The van der Waals surface area contributed by atoms with Gasteiger partial charge in [-0.05, 0) is 53.1 Å². The van der Waals surface area contributed by atoms with Crippen LogP contribution in [0.5, 0.6) is 0 Å². The molecule has 0 saturated carbocycles. The maximum atomic E-state index is 11.5. The third kappa shape index (κ3) is 9.39. The molecule has 0 heterocycles. The van der Waals surface area contributed by atoms with Crippen molar-refractivity contribution in [2.45, 2.75) is 19.8 Å². The molecule has 0 bridgehead atoms. The van der Waals surface area contributed by atoms with Crippen LogP contribution in [0.3, 0.4) is 0 Å². The number of esters is 3. The summed E-state index contributed by atoms with van der Waals surface area (Å²) in [5.41, 5.74) is 5.41. The first-order valence-electron chi connectivity index (χ1n) is 11.1. The number of carbonyl (C=O) groups excluding carboxylic acids is 3. The second-order valence-corrected chi connectivity index (χ2v) is 10.0. The van der Waals surface area contributed by atoms with E-state index in [2.05, 4.69) is 4.90 Å².